The molecule has 0 aromatic heterocycles. The number of rotatable bonds is 4. The zero-order valence-electron chi connectivity index (χ0n) is 11.2. The van der Waals surface area contributed by atoms with Crippen LogP contribution in [-0.2, 0) is 11.3 Å². The SMILES string of the molecule is CC(C)C1CC(C(=O)NCc2ccccc2F)NN1. The molecule has 1 aromatic rings. The molecule has 0 spiro atoms. The van der Waals surface area contributed by atoms with Gasteiger partial charge in [0.2, 0.25) is 5.91 Å². The van der Waals surface area contributed by atoms with Gasteiger partial charge in [-0.25, -0.2) is 9.82 Å². The summed E-state index contributed by atoms with van der Waals surface area (Å²) in [6.45, 7) is 4.44. The Morgan fingerprint density at radius 1 is 1.42 bits per heavy atom. The number of amides is 1. The van der Waals surface area contributed by atoms with Crippen LogP contribution in [0.1, 0.15) is 25.8 Å². The molecule has 3 N–H and O–H groups in total. The van der Waals surface area contributed by atoms with Gasteiger partial charge in [0.25, 0.3) is 0 Å². The molecule has 0 radical (unpaired) electrons. The van der Waals surface area contributed by atoms with E-state index in [2.05, 4.69) is 30.0 Å². The fourth-order valence-electron chi connectivity index (χ4n) is 2.14. The minimum absolute atomic E-state index is 0.0982. The summed E-state index contributed by atoms with van der Waals surface area (Å²) in [6.07, 6.45) is 0.751. The lowest BCUT2D eigenvalue weighted by atomic mass is 9.99. The van der Waals surface area contributed by atoms with Gasteiger partial charge in [-0.05, 0) is 18.4 Å². The molecule has 104 valence electrons. The van der Waals surface area contributed by atoms with Crippen molar-refractivity contribution in [1.82, 2.24) is 16.2 Å². The van der Waals surface area contributed by atoms with Crippen molar-refractivity contribution in [2.75, 3.05) is 0 Å². The molecule has 1 aliphatic rings. The molecule has 2 rings (SSSR count). The van der Waals surface area contributed by atoms with Crippen LogP contribution in [0.15, 0.2) is 24.3 Å². The zero-order valence-corrected chi connectivity index (χ0v) is 11.2. The van der Waals surface area contributed by atoms with Gasteiger partial charge < -0.3 is 5.32 Å². The summed E-state index contributed by atoms with van der Waals surface area (Å²) in [5.41, 5.74) is 6.60. The summed E-state index contributed by atoms with van der Waals surface area (Å²) < 4.78 is 13.4. The molecule has 5 heteroatoms. The first-order chi connectivity index (χ1) is 9.08. The highest BCUT2D eigenvalue weighted by Gasteiger charge is 2.30. The molecular weight excluding hydrogens is 245 g/mol. The molecule has 2 unspecified atom stereocenters. The first kappa shape index (κ1) is 14.0. The van der Waals surface area contributed by atoms with Gasteiger partial charge in [-0.3, -0.25) is 10.2 Å². The Kier molecular flexibility index (Phi) is 4.50. The Labute approximate surface area is 112 Å². The first-order valence-electron chi connectivity index (χ1n) is 6.60. The molecule has 1 amide bonds. The predicted octanol–water partition coefficient (Wildman–Crippen LogP) is 1.33. The van der Waals surface area contributed by atoms with Gasteiger partial charge in [0.1, 0.15) is 11.9 Å². The maximum atomic E-state index is 13.4. The topological polar surface area (TPSA) is 53.2 Å². The van der Waals surface area contributed by atoms with E-state index < -0.39 is 0 Å². The Hall–Kier alpha value is -1.46. The van der Waals surface area contributed by atoms with Gasteiger partial charge in [-0.2, -0.15) is 0 Å². The first-order valence-corrected chi connectivity index (χ1v) is 6.60. The molecule has 1 heterocycles. The maximum Gasteiger partial charge on any atom is 0.238 e. The van der Waals surface area contributed by atoms with E-state index in [4.69, 9.17) is 0 Å². The average molecular weight is 265 g/mol. The van der Waals surface area contributed by atoms with E-state index in [1.165, 1.54) is 6.07 Å². The van der Waals surface area contributed by atoms with E-state index in [1.54, 1.807) is 18.2 Å². The van der Waals surface area contributed by atoms with E-state index in [9.17, 15) is 9.18 Å². The number of carbonyl (C=O) groups is 1. The highest BCUT2D eigenvalue weighted by Crippen LogP contribution is 2.13. The number of hydrazine groups is 1. The van der Waals surface area contributed by atoms with Crippen molar-refractivity contribution in [3.8, 4) is 0 Å². The normalized spacial score (nSPS) is 22.7. The summed E-state index contributed by atoms with van der Waals surface area (Å²) >= 11 is 0. The molecular formula is C14H20FN3O. The number of nitrogens with one attached hydrogen (secondary N) is 3. The van der Waals surface area contributed by atoms with Crippen molar-refractivity contribution in [2.45, 2.75) is 38.9 Å². The standard InChI is InChI=1S/C14H20FN3O/c1-9(2)12-7-13(18-17-12)14(19)16-8-10-5-3-4-6-11(10)15/h3-6,9,12-13,17-18H,7-8H2,1-2H3,(H,16,19). The number of hydrogen-bond acceptors (Lipinski definition) is 3. The van der Waals surface area contributed by atoms with Crippen molar-refractivity contribution < 1.29 is 9.18 Å². The number of halogens is 1. The summed E-state index contributed by atoms with van der Waals surface area (Å²) in [4.78, 5) is 12.0. The van der Waals surface area contributed by atoms with E-state index >= 15 is 0 Å². The second-order valence-electron chi connectivity index (χ2n) is 5.24. The minimum Gasteiger partial charge on any atom is -0.351 e. The third-order valence-corrected chi connectivity index (χ3v) is 3.46. The van der Waals surface area contributed by atoms with E-state index in [0.717, 1.165) is 6.42 Å². The maximum absolute atomic E-state index is 13.4. The van der Waals surface area contributed by atoms with Crippen LogP contribution in [0.4, 0.5) is 4.39 Å². The highest BCUT2D eigenvalue weighted by molar-refractivity contribution is 5.82. The van der Waals surface area contributed by atoms with Crippen LogP contribution in [-0.4, -0.2) is 18.0 Å². The molecule has 0 bridgehead atoms. The zero-order chi connectivity index (χ0) is 13.8. The number of hydrogen-bond donors (Lipinski definition) is 3. The van der Waals surface area contributed by atoms with Crippen molar-refractivity contribution in [2.24, 2.45) is 5.92 Å². The van der Waals surface area contributed by atoms with Gasteiger partial charge in [-0.15, -0.1) is 0 Å². The quantitative estimate of drug-likeness (QED) is 0.770. The minimum atomic E-state index is -0.291. The molecule has 2 atom stereocenters. The third-order valence-electron chi connectivity index (χ3n) is 3.46. The molecule has 1 aromatic carbocycles. The summed E-state index contributed by atoms with van der Waals surface area (Å²) in [5, 5.41) is 2.76. The molecule has 1 saturated heterocycles. The van der Waals surface area contributed by atoms with Gasteiger partial charge >= 0.3 is 0 Å². The summed E-state index contributed by atoms with van der Waals surface area (Å²) in [7, 11) is 0. The molecule has 4 nitrogen and oxygen atoms in total. The fraction of sp³-hybridized carbons (Fsp3) is 0.500. The van der Waals surface area contributed by atoms with Crippen molar-refractivity contribution in [3.63, 3.8) is 0 Å². The Morgan fingerprint density at radius 3 is 2.79 bits per heavy atom. The van der Waals surface area contributed by atoms with Crippen LogP contribution in [0.25, 0.3) is 0 Å². The van der Waals surface area contributed by atoms with Crippen LogP contribution in [0.2, 0.25) is 0 Å². The van der Waals surface area contributed by atoms with Crippen LogP contribution >= 0.6 is 0 Å². The number of benzene rings is 1. The van der Waals surface area contributed by atoms with E-state index in [0.29, 0.717) is 17.5 Å². The third kappa shape index (κ3) is 3.52. The van der Waals surface area contributed by atoms with Gasteiger partial charge in [0.05, 0.1) is 0 Å². The van der Waals surface area contributed by atoms with E-state index in [1.807, 2.05) is 0 Å². The summed E-state index contributed by atoms with van der Waals surface area (Å²) in [6, 6.07) is 6.51. The molecule has 1 aliphatic heterocycles. The van der Waals surface area contributed by atoms with Gasteiger partial charge in [-0.1, -0.05) is 32.0 Å². The van der Waals surface area contributed by atoms with E-state index in [-0.39, 0.29) is 24.3 Å². The van der Waals surface area contributed by atoms with Crippen LogP contribution in [0, 0.1) is 11.7 Å². The second kappa shape index (κ2) is 6.12. The lowest BCUT2D eigenvalue weighted by Gasteiger charge is -2.13. The Morgan fingerprint density at radius 2 is 2.16 bits per heavy atom. The Balaban J connectivity index is 1.84. The Bertz CT molecular complexity index is 450. The lowest BCUT2D eigenvalue weighted by molar-refractivity contribution is -0.123. The second-order valence-corrected chi connectivity index (χ2v) is 5.24. The van der Waals surface area contributed by atoms with Crippen LogP contribution in [0.3, 0.4) is 0 Å². The van der Waals surface area contributed by atoms with Crippen LogP contribution in [0.5, 0.6) is 0 Å². The highest BCUT2D eigenvalue weighted by atomic mass is 19.1. The van der Waals surface area contributed by atoms with Gasteiger partial charge in [0.15, 0.2) is 0 Å². The van der Waals surface area contributed by atoms with Crippen molar-refractivity contribution in [3.05, 3.63) is 35.6 Å². The summed E-state index contributed by atoms with van der Waals surface area (Å²) in [5.74, 6) is 0.0798. The monoisotopic (exact) mass is 265 g/mol. The lowest BCUT2D eigenvalue weighted by Crippen LogP contribution is -2.43. The molecule has 0 saturated carbocycles. The molecule has 19 heavy (non-hydrogen) atoms. The average Bonchev–Trinajstić information content (AvgIpc) is 2.87. The van der Waals surface area contributed by atoms with Crippen molar-refractivity contribution in [1.29, 1.82) is 0 Å². The smallest absolute Gasteiger partial charge is 0.238 e. The number of carbonyl (C=O) groups excluding carboxylic acids is 1. The van der Waals surface area contributed by atoms with Crippen molar-refractivity contribution >= 4 is 5.91 Å². The fourth-order valence-corrected chi connectivity index (χ4v) is 2.14. The van der Waals surface area contributed by atoms with Crippen LogP contribution < -0.4 is 16.2 Å². The molecule has 1 fully saturated rings. The molecule has 0 aliphatic carbocycles. The van der Waals surface area contributed by atoms with Gasteiger partial charge in [0, 0.05) is 18.2 Å². The predicted molar refractivity (Wildman–Crippen MR) is 71.5 cm³/mol. The largest absolute Gasteiger partial charge is 0.351 e.